The Labute approximate surface area is 116 Å². The highest BCUT2D eigenvalue weighted by Gasteiger charge is 2.13. The van der Waals surface area contributed by atoms with Gasteiger partial charge >= 0.3 is 5.97 Å². The Morgan fingerprint density at radius 1 is 1.61 bits per heavy atom. The molecule has 0 bridgehead atoms. The molecule has 0 aliphatic heterocycles. The summed E-state index contributed by atoms with van der Waals surface area (Å²) in [7, 11) is 1.33. The minimum atomic E-state index is -0.453. The quantitative estimate of drug-likeness (QED) is 0.875. The van der Waals surface area contributed by atoms with Crippen molar-refractivity contribution in [2.24, 2.45) is 0 Å². The number of nitrogens with one attached hydrogen (secondary N) is 1. The van der Waals surface area contributed by atoms with Gasteiger partial charge in [-0.2, -0.15) is 0 Å². The van der Waals surface area contributed by atoms with Gasteiger partial charge in [0.2, 0.25) is 0 Å². The maximum atomic E-state index is 11.5. The molecule has 94 valence electrons. The molecule has 0 aliphatic rings. The highest BCUT2D eigenvalue weighted by atomic mass is 79.9. The van der Waals surface area contributed by atoms with E-state index in [2.05, 4.69) is 36.0 Å². The highest BCUT2D eigenvalue weighted by Crippen LogP contribution is 2.21. The van der Waals surface area contributed by atoms with Crippen LogP contribution in [-0.4, -0.2) is 23.0 Å². The molecular formula is C11H10BrN3O2S. The van der Waals surface area contributed by atoms with Gasteiger partial charge in [0.1, 0.15) is 17.7 Å². The Bertz CT molecular complexity index is 559. The molecule has 0 amide bonds. The van der Waals surface area contributed by atoms with Crippen molar-refractivity contribution in [2.45, 2.75) is 6.54 Å². The highest BCUT2D eigenvalue weighted by molar-refractivity contribution is 9.10. The predicted octanol–water partition coefficient (Wildman–Crippen LogP) is 2.70. The van der Waals surface area contributed by atoms with E-state index in [0.717, 1.165) is 9.35 Å². The molecule has 0 fully saturated rings. The second kappa shape index (κ2) is 5.92. The smallest absolute Gasteiger partial charge is 0.343 e. The van der Waals surface area contributed by atoms with Gasteiger partial charge in [-0.25, -0.2) is 14.8 Å². The van der Waals surface area contributed by atoms with E-state index < -0.39 is 5.97 Å². The van der Waals surface area contributed by atoms with E-state index in [1.807, 2.05) is 11.4 Å². The lowest BCUT2D eigenvalue weighted by atomic mass is 10.3. The van der Waals surface area contributed by atoms with Crippen molar-refractivity contribution in [2.75, 3.05) is 12.4 Å². The summed E-state index contributed by atoms with van der Waals surface area (Å²) in [6.45, 7) is 0.595. The summed E-state index contributed by atoms with van der Waals surface area (Å²) >= 11 is 5.01. The molecule has 2 rings (SSSR count). The number of nitrogens with zero attached hydrogens (tertiary/aromatic N) is 2. The molecular weight excluding hydrogens is 318 g/mol. The summed E-state index contributed by atoms with van der Waals surface area (Å²) in [5.41, 5.74) is 0.329. The lowest BCUT2D eigenvalue weighted by molar-refractivity contribution is 0.0601. The van der Waals surface area contributed by atoms with Crippen LogP contribution in [-0.2, 0) is 11.3 Å². The summed E-state index contributed by atoms with van der Waals surface area (Å²) in [5, 5.41) is 5.09. The van der Waals surface area contributed by atoms with Gasteiger partial charge < -0.3 is 10.1 Å². The topological polar surface area (TPSA) is 64.1 Å². The Morgan fingerprint density at radius 3 is 3.11 bits per heavy atom. The minimum absolute atomic E-state index is 0.329. The number of carbonyl (C=O) groups is 1. The van der Waals surface area contributed by atoms with Crippen LogP contribution in [0.2, 0.25) is 0 Å². The summed E-state index contributed by atoms with van der Waals surface area (Å²) in [6, 6.07) is 2.01. The van der Waals surface area contributed by atoms with E-state index in [1.165, 1.54) is 19.6 Å². The largest absolute Gasteiger partial charge is 0.465 e. The van der Waals surface area contributed by atoms with Gasteiger partial charge in [-0.05, 0) is 22.0 Å². The van der Waals surface area contributed by atoms with Crippen LogP contribution in [0.5, 0.6) is 0 Å². The molecule has 2 heterocycles. The number of thiophene rings is 1. The first-order valence-electron chi connectivity index (χ1n) is 5.06. The van der Waals surface area contributed by atoms with Gasteiger partial charge in [-0.3, -0.25) is 0 Å². The van der Waals surface area contributed by atoms with Crippen molar-refractivity contribution in [3.8, 4) is 0 Å². The SMILES string of the molecule is COC(=O)c1cncnc1NCc1cc(Br)cs1. The molecule has 0 saturated heterocycles. The molecule has 0 spiro atoms. The van der Waals surface area contributed by atoms with E-state index >= 15 is 0 Å². The maximum Gasteiger partial charge on any atom is 0.343 e. The first kappa shape index (κ1) is 13.0. The fourth-order valence-corrected chi connectivity index (χ4v) is 2.74. The van der Waals surface area contributed by atoms with Gasteiger partial charge in [-0.15, -0.1) is 11.3 Å². The van der Waals surface area contributed by atoms with Gasteiger partial charge in [0.25, 0.3) is 0 Å². The zero-order chi connectivity index (χ0) is 13.0. The number of hydrogen-bond donors (Lipinski definition) is 1. The molecule has 0 aliphatic carbocycles. The molecule has 0 saturated carbocycles. The lowest BCUT2D eigenvalue weighted by Gasteiger charge is -2.07. The number of ether oxygens (including phenoxy) is 1. The van der Waals surface area contributed by atoms with Crippen LogP contribution in [0.25, 0.3) is 0 Å². The van der Waals surface area contributed by atoms with Crippen molar-refractivity contribution < 1.29 is 9.53 Å². The third-order valence-corrected chi connectivity index (χ3v) is 3.87. The molecule has 0 aromatic carbocycles. The average Bonchev–Trinajstić information content (AvgIpc) is 2.81. The maximum absolute atomic E-state index is 11.5. The first-order chi connectivity index (χ1) is 8.70. The predicted molar refractivity (Wildman–Crippen MR) is 72.7 cm³/mol. The van der Waals surface area contributed by atoms with Crippen molar-refractivity contribution in [3.05, 3.63) is 38.9 Å². The summed E-state index contributed by atoms with van der Waals surface area (Å²) in [4.78, 5) is 20.5. The van der Waals surface area contributed by atoms with Crippen molar-refractivity contribution in [1.29, 1.82) is 0 Å². The molecule has 2 aromatic heterocycles. The lowest BCUT2D eigenvalue weighted by Crippen LogP contribution is -2.10. The van der Waals surface area contributed by atoms with Gasteiger partial charge in [0.15, 0.2) is 0 Å². The standard InChI is InChI=1S/C11H10BrN3O2S/c1-17-11(16)9-4-13-6-15-10(9)14-3-8-2-7(12)5-18-8/h2,4-6H,3H2,1H3,(H,13,14,15). The van der Waals surface area contributed by atoms with Crippen LogP contribution in [0.1, 0.15) is 15.2 Å². The number of rotatable bonds is 4. The van der Waals surface area contributed by atoms with Crippen LogP contribution in [0.15, 0.2) is 28.4 Å². The number of anilines is 1. The van der Waals surface area contributed by atoms with Crippen LogP contribution >= 0.6 is 27.3 Å². The van der Waals surface area contributed by atoms with Gasteiger partial charge in [-0.1, -0.05) is 0 Å². The minimum Gasteiger partial charge on any atom is -0.465 e. The number of hydrogen-bond acceptors (Lipinski definition) is 6. The Balaban J connectivity index is 2.11. The van der Waals surface area contributed by atoms with E-state index in [0.29, 0.717) is 17.9 Å². The molecule has 1 N–H and O–H groups in total. The summed E-state index contributed by atoms with van der Waals surface area (Å²) in [6.07, 6.45) is 2.82. The van der Waals surface area contributed by atoms with Crippen LogP contribution in [0.3, 0.4) is 0 Å². The number of methoxy groups -OCH3 is 1. The molecule has 2 aromatic rings. The zero-order valence-electron chi connectivity index (χ0n) is 9.51. The number of aromatic nitrogens is 2. The Kier molecular flexibility index (Phi) is 4.27. The zero-order valence-corrected chi connectivity index (χ0v) is 11.9. The van der Waals surface area contributed by atoms with Crippen molar-refractivity contribution >= 4 is 39.1 Å². The molecule has 0 radical (unpaired) electrons. The van der Waals surface area contributed by atoms with E-state index in [-0.39, 0.29) is 0 Å². The molecule has 18 heavy (non-hydrogen) atoms. The number of carbonyl (C=O) groups excluding carboxylic acids is 1. The fraction of sp³-hybridized carbons (Fsp3) is 0.182. The van der Waals surface area contributed by atoms with E-state index in [1.54, 1.807) is 11.3 Å². The van der Waals surface area contributed by atoms with Crippen LogP contribution < -0.4 is 5.32 Å². The third-order valence-electron chi connectivity index (χ3n) is 2.17. The normalized spacial score (nSPS) is 10.1. The van der Waals surface area contributed by atoms with Gasteiger partial charge in [0.05, 0.1) is 13.7 Å². The molecule has 0 atom stereocenters. The monoisotopic (exact) mass is 327 g/mol. The van der Waals surface area contributed by atoms with Crippen molar-refractivity contribution in [1.82, 2.24) is 9.97 Å². The first-order valence-corrected chi connectivity index (χ1v) is 6.73. The van der Waals surface area contributed by atoms with Gasteiger partial charge in [0, 0.05) is 20.9 Å². The summed E-state index contributed by atoms with van der Waals surface area (Å²) in [5.74, 6) is 0.0202. The fourth-order valence-electron chi connectivity index (χ4n) is 1.35. The van der Waals surface area contributed by atoms with Crippen molar-refractivity contribution in [3.63, 3.8) is 0 Å². The third kappa shape index (κ3) is 3.05. The average molecular weight is 328 g/mol. The van der Waals surface area contributed by atoms with Crippen LogP contribution in [0, 0.1) is 0 Å². The summed E-state index contributed by atoms with van der Waals surface area (Å²) < 4.78 is 5.71. The molecule has 5 nitrogen and oxygen atoms in total. The Hall–Kier alpha value is -1.47. The number of esters is 1. The second-order valence-electron chi connectivity index (χ2n) is 3.36. The molecule has 0 unspecified atom stereocenters. The van der Waals surface area contributed by atoms with Crippen LogP contribution in [0.4, 0.5) is 5.82 Å². The second-order valence-corrected chi connectivity index (χ2v) is 5.27. The molecule has 7 heteroatoms. The Morgan fingerprint density at radius 2 is 2.44 bits per heavy atom. The van der Waals surface area contributed by atoms with E-state index in [9.17, 15) is 4.79 Å². The number of halogens is 1. The van der Waals surface area contributed by atoms with E-state index in [4.69, 9.17) is 0 Å².